The summed E-state index contributed by atoms with van der Waals surface area (Å²) >= 11 is 6.09. The van der Waals surface area contributed by atoms with E-state index in [1.54, 1.807) is 17.0 Å². The molecule has 1 aliphatic rings. The normalized spacial score (nSPS) is 14.8. The summed E-state index contributed by atoms with van der Waals surface area (Å²) in [6.45, 7) is 5.62. The van der Waals surface area contributed by atoms with Gasteiger partial charge in [-0.3, -0.25) is 14.5 Å². The Morgan fingerprint density at radius 2 is 1.68 bits per heavy atom. The maximum Gasteiger partial charge on any atom is 0.289 e. The highest BCUT2D eigenvalue weighted by Crippen LogP contribution is 2.26. The first-order valence-electron chi connectivity index (χ1n) is 11.1. The van der Waals surface area contributed by atoms with Gasteiger partial charge < -0.3 is 14.1 Å². The number of amides is 1. The van der Waals surface area contributed by atoms with Crippen LogP contribution in [0.4, 0.5) is 0 Å². The number of ether oxygens (including phenoxy) is 1. The monoisotopic (exact) mass is 502 g/mol. The van der Waals surface area contributed by atoms with Crippen molar-refractivity contribution in [1.29, 1.82) is 0 Å². The van der Waals surface area contributed by atoms with Gasteiger partial charge in [-0.2, -0.15) is 0 Å². The molecule has 180 valence electrons. The van der Waals surface area contributed by atoms with E-state index in [1.165, 1.54) is 6.26 Å². The second kappa shape index (κ2) is 12.1. The third-order valence-electron chi connectivity index (χ3n) is 5.87. The van der Waals surface area contributed by atoms with Gasteiger partial charge in [0.15, 0.2) is 11.5 Å². The molecule has 0 bridgehead atoms. The number of ketones is 1. The molecule has 4 rings (SSSR count). The summed E-state index contributed by atoms with van der Waals surface area (Å²) < 4.78 is 10.7. The van der Waals surface area contributed by atoms with Crippen molar-refractivity contribution < 1.29 is 18.7 Å². The molecule has 1 aliphatic heterocycles. The van der Waals surface area contributed by atoms with Crippen LogP contribution in [-0.4, -0.2) is 60.8 Å². The number of rotatable bonds is 8. The van der Waals surface area contributed by atoms with Crippen LogP contribution in [0.2, 0.25) is 5.02 Å². The van der Waals surface area contributed by atoms with Crippen LogP contribution < -0.4 is 4.74 Å². The zero-order chi connectivity index (χ0) is 23.2. The van der Waals surface area contributed by atoms with Gasteiger partial charge in [0, 0.05) is 43.3 Å². The molecule has 1 atom stereocenters. The van der Waals surface area contributed by atoms with E-state index in [2.05, 4.69) is 4.90 Å². The number of benzene rings is 2. The Balaban J connectivity index is 0.00000324. The molecule has 1 amide bonds. The van der Waals surface area contributed by atoms with E-state index in [-0.39, 0.29) is 30.0 Å². The van der Waals surface area contributed by atoms with Gasteiger partial charge in [-0.1, -0.05) is 23.7 Å². The number of Topliss-reactive ketones (excluding diaryl/α,β-unsaturated/α-hetero) is 1. The number of hydrogen-bond acceptors (Lipinski definition) is 5. The van der Waals surface area contributed by atoms with Crippen molar-refractivity contribution in [2.24, 2.45) is 0 Å². The molecule has 0 spiro atoms. The second-order valence-corrected chi connectivity index (χ2v) is 8.43. The van der Waals surface area contributed by atoms with Crippen LogP contribution in [0.25, 0.3) is 0 Å². The summed E-state index contributed by atoms with van der Waals surface area (Å²) in [5.74, 6) is 0.712. The molecular weight excluding hydrogens is 475 g/mol. The summed E-state index contributed by atoms with van der Waals surface area (Å²) in [6.07, 6.45) is 1.51. The largest absolute Gasteiger partial charge is 0.494 e. The number of halogens is 2. The first kappa shape index (κ1) is 25.8. The lowest BCUT2D eigenvalue weighted by molar-refractivity contribution is 0.0590. The average molecular weight is 503 g/mol. The van der Waals surface area contributed by atoms with E-state index in [0.717, 1.165) is 11.3 Å². The van der Waals surface area contributed by atoms with Gasteiger partial charge in [0.25, 0.3) is 5.91 Å². The van der Waals surface area contributed by atoms with E-state index in [0.29, 0.717) is 55.7 Å². The minimum atomic E-state index is -0.340. The zero-order valence-electron chi connectivity index (χ0n) is 19.0. The Kier molecular flexibility index (Phi) is 9.16. The fourth-order valence-electron chi connectivity index (χ4n) is 4.07. The molecule has 1 saturated heterocycles. The molecular formula is C26H28Cl2N2O4. The molecule has 0 radical (unpaired) electrons. The molecule has 3 aromatic rings. The highest BCUT2D eigenvalue weighted by Gasteiger charge is 2.29. The lowest BCUT2D eigenvalue weighted by atomic mass is 9.90. The predicted molar refractivity (Wildman–Crippen MR) is 134 cm³/mol. The van der Waals surface area contributed by atoms with Crippen molar-refractivity contribution in [3.05, 3.63) is 88.8 Å². The summed E-state index contributed by atoms with van der Waals surface area (Å²) in [4.78, 5) is 30.1. The second-order valence-electron chi connectivity index (χ2n) is 8.00. The van der Waals surface area contributed by atoms with Crippen molar-refractivity contribution in [1.82, 2.24) is 9.80 Å². The summed E-state index contributed by atoms with van der Waals surface area (Å²) in [5, 5.41) is 0.635. The lowest BCUT2D eigenvalue weighted by Crippen LogP contribution is -2.50. The van der Waals surface area contributed by atoms with Gasteiger partial charge >= 0.3 is 0 Å². The van der Waals surface area contributed by atoms with Gasteiger partial charge in [0.05, 0.1) is 18.8 Å². The van der Waals surface area contributed by atoms with E-state index in [4.69, 9.17) is 20.8 Å². The van der Waals surface area contributed by atoms with Crippen molar-refractivity contribution in [2.45, 2.75) is 12.8 Å². The molecule has 6 nitrogen and oxygen atoms in total. The Hall–Kier alpha value is -2.80. The highest BCUT2D eigenvalue weighted by atomic mass is 35.5. The third kappa shape index (κ3) is 6.20. The molecule has 2 aromatic carbocycles. The number of furan rings is 1. The fraction of sp³-hybridized carbons (Fsp3) is 0.308. The van der Waals surface area contributed by atoms with Crippen LogP contribution in [0.5, 0.6) is 5.75 Å². The first-order chi connectivity index (χ1) is 16.0. The number of hydrogen-bond donors (Lipinski definition) is 0. The summed E-state index contributed by atoms with van der Waals surface area (Å²) in [5.41, 5.74) is 1.57. The van der Waals surface area contributed by atoms with E-state index in [1.807, 2.05) is 55.5 Å². The van der Waals surface area contributed by atoms with Crippen molar-refractivity contribution in [3.63, 3.8) is 0 Å². The minimum absolute atomic E-state index is 0. The highest BCUT2D eigenvalue weighted by molar-refractivity contribution is 6.30. The van der Waals surface area contributed by atoms with Gasteiger partial charge in [0.1, 0.15) is 5.75 Å². The van der Waals surface area contributed by atoms with E-state index >= 15 is 0 Å². The van der Waals surface area contributed by atoms with Crippen LogP contribution in [0.3, 0.4) is 0 Å². The Morgan fingerprint density at radius 1 is 1.00 bits per heavy atom. The van der Waals surface area contributed by atoms with Gasteiger partial charge in [0.2, 0.25) is 0 Å². The topological polar surface area (TPSA) is 63.0 Å². The Labute approximate surface area is 210 Å². The number of piperazine rings is 1. The standard InChI is InChI=1S/C26H27ClN2O4.ClH/c1-2-32-22-11-7-20(8-12-22)25(30)23(19-5-9-21(27)10-6-19)18-28-13-15-29(16-14-28)26(31)24-4-3-17-33-24;/h3-12,17,23H,2,13-16,18H2,1H3;1H. The van der Waals surface area contributed by atoms with E-state index < -0.39 is 0 Å². The number of carbonyl (C=O) groups is 2. The zero-order valence-corrected chi connectivity index (χ0v) is 20.6. The molecule has 0 N–H and O–H groups in total. The summed E-state index contributed by atoms with van der Waals surface area (Å²) in [7, 11) is 0. The number of carbonyl (C=O) groups excluding carboxylic acids is 2. The van der Waals surface area contributed by atoms with Crippen molar-refractivity contribution >= 4 is 35.7 Å². The predicted octanol–water partition coefficient (Wildman–Crippen LogP) is 5.18. The molecule has 1 unspecified atom stereocenters. The average Bonchev–Trinajstić information content (AvgIpc) is 3.39. The van der Waals surface area contributed by atoms with E-state index in [9.17, 15) is 9.59 Å². The Bertz CT molecular complexity index is 1060. The summed E-state index contributed by atoms with van der Waals surface area (Å²) in [6, 6.07) is 18.1. The molecule has 1 fully saturated rings. The van der Waals surface area contributed by atoms with Crippen molar-refractivity contribution in [2.75, 3.05) is 39.3 Å². The fourth-order valence-corrected chi connectivity index (χ4v) is 4.19. The maximum atomic E-state index is 13.5. The van der Waals surface area contributed by atoms with Crippen molar-refractivity contribution in [3.8, 4) is 5.75 Å². The van der Waals surface area contributed by atoms with Crippen LogP contribution >= 0.6 is 24.0 Å². The van der Waals surface area contributed by atoms with Gasteiger partial charge in [-0.25, -0.2) is 0 Å². The minimum Gasteiger partial charge on any atom is -0.494 e. The molecule has 8 heteroatoms. The third-order valence-corrected chi connectivity index (χ3v) is 6.12. The van der Waals surface area contributed by atoms with Crippen LogP contribution in [0.15, 0.2) is 71.3 Å². The van der Waals surface area contributed by atoms with Crippen LogP contribution in [0, 0.1) is 0 Å². The van der Waals surface area contributed by atoms with Crippen LogP contribution in [-0.2, 0) is 0 Å². The molecule has 34 heavy (non-hydrogen) atoms. The lowest BCUT2D eigenvalue weighted by Gasteiger charge is -2.36. The first-order valence-corrected chi connectivity index (χ1v) is 11.5. The quantitative estimate of drug-likeness (QED) is 0.397. The molecule has 2 heterocycles. The number of nitrogens with zero attached hydrogens (tertiary/aromatic N) is 2. The van der Waals surface area contributed by atoms with Gasteiger partial charge in [-0.05, 0) is 61.0 Å². The van der Waals surface area contributed by atoms with Gasteiger partial charge in [-0.15, -0.1) is 12.4 Å². The molecule has 0 aliphatic carbocycles. The molecule has 1 aromatic heterocycles. The molecule has 0 saturated carbocycles. The van der Waals surface area contributed by atoms with Crippen LogP contribution in [0.1, 0.15) is 39.3 Å². The SMILES string of the molecule is CCOc1ccc(C(=O)C(CN2CCN(C(=O)c3ccco3)CC2)c2ccc(Cl)cc2)cc1.Cl. The maximum absolute atomic E-state index is 13.5. The smallest absolute Gasteiger partial charge is 0.289 e. The Morgan fingerprint density at radius 3 is 2.26 bits per heavy atom.